The van der Waals surface area contributed by atoms with E-state index in [-0.39, 0.29) is 0 Å². The second kappa shape index (κ2) is 5.61. The van der Waals surface area contributed by atoms with E-state index in [9.17, 15) is 0 Å². The normalized spacial score (nSPS) is 18.3. The predicted octanol–water partition coefficient (Wildman–Crippen LogP) is 2.15. The van der Waals surface area contributed by atoms with Gasteiger partial charge in [-0.05, 0) is 39.9 Å². The Kier molecular flexibility index (Phi) is 4.33. The van der Waals surface area contributed by atoms with E-state index in [1.54, 1.807) is 0 Å². The molecule has 0 unspecified atom stereocenters. The molecule has 0 N–H and O–H groups in total. The van der Waals surface area contributed by atoms with Crippen LogP contribution in [0.5, 0.6) is 0 Å². The molecule has 1 saturated heterocycles. The monoisotopic (exact) mass is 314 g/mol. The molecule has 0 aromatic carbocycles. The van der Waals surface area contributed by atoms with Crippen molar-refractivity contribution in [3.8, 4) is 0 Å². The number of nitrogens with zero attached hydrogens (tertiary/aromatic N) is 4. The fourth-order valence-electron chi connectivity index (χ4n) is 2.84. The predicted molar refractivity (Wildman–Crippen MR) is 79.5 cm³/mol. The number of piperidine rings is 1. The van der Waals surface area contributed by atoms with Crippen LogP contribution in [0.25, 0.3) is 0 Å². The zero-order valence-electron chi connectivity index (χ0n) is 11.8. The summed E-state index contributed by atoms with van der Waals surface area (Å²) in [5.74, 6) is 1.26. The summed E-state index contributed by atoms with van der Waals surface area (Å²) in [5.41, 5.74) is 2.45. The zero-order chi connectivity index (χ0) is 13.3. The first-order valence-corrected chi connectivity index (χ1v) is 7.66. The van der Waals surface area contributed by atoms with Gasteiger partial charge in [0.05, 0.1) is 5.69 Å². The maximum Gasteiger partial charge on any atom is 0.130 e. The number of likely N-dealkylation sites (tertiary alicyclic amines) is 1. The van der Waals surface area contributed by atoms with E-state index in [4.69, 9.17) is 0 Å². The number of rotatable bonds is 3. The Balaban J connectivity index is 2.20. The van der Waals surface area contributed by atoms with Crippen LogP contribution in [0.4, 0.5) is 5.82 Å². The molecule has 0 atom stereocenters. The lowest BCUT2D eigenvalue weighted by Crippen LogP contribution is -2.42. The number of aromatic nitrogens is 2. The molecule has 18 heavy (non-hydrogen) atoms. The third-order valence-electron chi connectivity index (χ3n) is 4.02. The van der Waals surface area contributed by atoms with Crippen molar-refractivity contribution in [3.05, 3.63) is 11.3 Å². The van der Waals surface area contributed by atoms with Crippen LogP contribution in [0.3, 0.4) is 0 Å². The summed E-state index contributed by atoms with van der Waals surface area (Å²) in [6.07, 6.45) is 2.47. The van der Waals surface area contributed by atoms with Gasteiger partial charge < -0.3 is 9.80 Å². The van der Waals surface area contributed by atoms with Crippen molar-refractivity contribution in [2.45, 2.75) is 31.1 Å². The second-order valence-corrected chi connectivity index (χ2v) is 5.85. The summed E-state index contributed by atoms with van der Waals surface area (Å²) in [4.78, 5) is 4.83. The smallest absolute Gasteiger partial charge is 0.130 e. The van der Waals surface area contributed by atoms with E-state index in [0.29, 0.717) is 6.04 Å². The number of hydrogen-bond acceptors (Lipinski definition) is 3. The Morgan fingerprint density at radius 3 is 2.50 bits per heavy atom. The largest absolute Gasteiger partial charge is 0.357 e. The lowest BCUT2D eigenvalue weighted by molar-refractivity contribution is 0.252. The Bertz CT molecular complexity index is 407. The summed E-state index contributed by atoms with van der Waals surface area (Å²) in [6.45, 7) is 4.47. The lowest BCUT2D eigenvalue weighted by Gasteiger charge is -2.36. The van der Waals surface area contributed by atoms with Crippen molar-refractivity contribution < 1.29 is 0 Å². The van der Waals surface area contributed by atoms with Crippen molar-refractivity contribution >= 4 is 21.7 Å². The number of alkyl halides is 1. The van der Waals surface area contributed by atoms with Crippen LogP contribution in [-0.2, 0) is 12.4 Å². The van der Waals surface area contributed by atoms with Gasteiger partial charge in [-0.25, -0.2) is 0 Å². The third kappa shape index (κ3) is 2.57. The van der Waals surface area contributed by atoms with Gasteiger partial charge in [0.25, 0.3) is 0 Å². The highest BCUT2D eigenvalue weighted by Gasteiger charge is 2.25. The Morgan fingerprint density at radius 1 is 1.33 bits per heavy atom. The van der Waals surface area contributed by atoms with Crippen LogP contribution >= 0.6 is 15.9 Å². The molecule has 1 aromatic heterocycles. The molecule has 0 aliphatic carbocycles. The van der Waals surface area contributed by atoms with Crippen LogP contribution in [-0.4, -0.2) is 47.9 Å². The first-order chi connectivity index (χ1) is 8.54. The fraction of sp³-hybridized carbons (Fsp3) is 0.769. The van der Waals surface area contributed by atoms with Crippen molar-refractivity contribution in [3.63, 3.8) is 0 Å². The topological polar surface area (TPSA) is 24.3 Å². The molecule has 5 heteroatoms. The van der Waals surface area contributed by atoms with E-state index >= 15 is 0 Å². The minimum Gasteiger partial charge on any atom is -0.357 e. The lowest BCUT2D eigenvalue weighted by atomic mass is 10.0. The number of aryl methyl sites for hydroxylation is 2. The number of hydrogen-bond donors (Lipinski definition) is 0. The molecule has 1 aliphatic heterocycles. The summed E-state index contributed by atoms with van der Waals surface area (Å²) in [5, 5.41) is 5.42. The highest BCUT2D eigenvalue weighted by atomic mass is 79.9. The van der Waals surface area contributed by atoms with E-state index in [0.717, 1.165) is 11.0 Å². The van der Waals surface area contributed by atoms with Gasteiger partial charge in [0.1, 0.15) is 5.82 Å². The molecule has 0 radical (unpaired) electrons. The number of halogens is 1. The van der Waals surface area contributed by atoms with E-state index in [1.165, 1.54) is 37.3 Å². The minimum atomic E-state index is 0.633. The Morgan fingerprint density at radius 2 is 1.94 bits per heavy atom. The van der Waals surface area contributed by atoms with Crippen molar-refractivity contribution in [1.29, 1.82) is 0 Å². The molecular formula is C13H23BrN4. The second-order valence-electron chi connectivity index (χ2n) is 5.29. The Labute approximate surface area is 118 Å². The molecule has 0 spiro atoms. The average molecular weight is 315 g/mol. The van der Waals surface area contributed by atoms with Crippen LogP contribution in [0.1, 0.15) is 24.1 Å². The molecule has 2 rings (SSSR count). The van der Waals surface area contributed by atoms with Gasteiger partial charge in [0, 0.05) is 31.0 Å². The van der Waals surface area contributed by atoms with Crippen LogP contribution < -0.4 is 4.90 Å². The van der Waals surface area contributed by atoms with E-state index in [2.05, 4.69) is 51.8 Å². The molecule has 2 heterocycles. The summed E-state index contributed by atoms with van der Waals surface area (Å²) >= 11 is 3.59. The van der Waals surface area contributed by atoms with Gasteiger partial charge in [-0.2, -0.15) is 5.10 Å². The summed E-state index contributed by atoms with van der Waals surface area (Å²) < 4.78 is 2.02. The van der Waals surface area contributed by atoms with Gasteiger partial charge in [0.15, 0.2) is 0 Å². The van der Waals surface area contributed by atoms with Gasteiger partial charge in [0.2, 0.25) is 0 Å². The molecule has 1 aromatic rings. The molecule has 0 bridgehead atoms. The summed E-state index contributed by atoms with van der Waals surface area (Å²) in [7, 11) is 6.45. The maximum absolute atomic E-state index is 4.55. The minimum absolute atomic E-state index is 0.633. The molecule has 0 amide bonds. The van der Waals surface area contributed by atoms with Gasteiger partial charge in [-0.1, -0.05) is 15.9 Å². The van der Waals surface area contributed by atoms with Crippen molar-refractivity contribution in [1.82, 2.24) is 14.7 Å². The van der Waals surface area contributed by atoms with Crippen molar-refractivity contribution in [2.24, 2.45) is 7.05 Å². The van der Waals surface area contributed by atoms with Gasteiger partial charge in [-0.3, -0.25) is 4.68 Å². The first-order valence-electron chi connectivity index (χ1n) is 6.54. The SMILES string of the molecule is Cc1nn(C)c(N(C)C2CCN(C)CC2)c1CBr. The summed E-state index contributed by atoms with van der Waals surface area (Å²) in [6, 6.07) is 0.633. The first kappa shape index (κ1) is 13.9. The van der Waals surface area contributed by atoms with Crippen LogP contribution in [0.2, 0.25) is 0 Å². The standard InChI is InChI=1S/C13H23BrN4/c1-10-12(9-14)13(18(4)15-10)17(3)11-5-7-16(2)8-6-11/h11H,5-9H2,1-4H3. The quantitative estimate of drug-likeness (QED) is 0.799. The molecule has 4 nitrogen and oxygen atoms in total. The molecule has 1 fully saturated rings. The van der Waals surface area contributed by atoms with E-state index < -0.39 is 0 Å². The fourth-order valence-corrected chi connectivity index (χ4v) is 3.50. The van der Waals surface area contributed by atoms with Gasteiger partial charge >= 0.3 is 0 Å². The van der Waals surface area contributed by atoms with Crippen LogP contribution in [0, 0.1) is 6.92 Å². The van der Waals surface area contributed by atoms with Gasteiger partial charge in [-0.15, -0.1) is 0 Å². The highest BCUT2D eigenvalue weighted by molar-refractivity contribution is 9.08. The highest BCUT2D eigenvalue weighted by Crippen LogP contribution is 2.28. The van der Waals surface area contributed by atoms with Crippen LogP contribution in [0.15, 0.2) is 0 Å². The maximum atomic E-state index is 4.55. The zero-order valence-corrected chi connectivity index (χ0v) is 13.4. The molecule has 0 saturated carbocycles. The molecule has 1 aliphatic rings. The molecule has 102 valence electrons. The van der Waals surface area contributed by atoms with Crippen molar-refractivity contribution in [2.75, 3.05) is 32.1 Å². The Hall–Kier alpha value is -0.550. The van der Waals surface area contributed by atoms with E-state index in [1.807, 2.05) is 11.7 Å². The molecular weight excluding hydrogens is 292 g/mol. The number of anilines is 1. The average Bonchev–Trinajstić information content (AvgIpc) is 2.63. The third-order valence-corrected chi connectivity index (χ3v) is 4.58.